The van der Waals surface area contributed by atoms with Crippen molar-refractivity contribution >= 4 is 34.7 Å². The van der Waals surface area contributed by atoms with E-state index in [-0.39, 0.29) is 23.8 Å². The third kappa shape index (κ3) is 6.09. The molecule has 1 saturated carbocycles. The average molecular weight is 627 g/mol. The predicted octanol–water partition coefficient (Wildman–Crippen LogP) is 4.44. The normalized spacial score (nSPS) is 20.2. The van der Waals surface area contributed by atoms with Crippen molar-refractivity contribution in [3.8, 4) is 0 Å². The number of carbonyl (C=O) groups excluding carboxylic acids is 2. The molecule has 1 spiro atoms. The number of nitrogens with zero attached hydrogens (tertiary/aromatic N) is 5. The molecule has 5 heterocycles. The number of allylic oxidation sites excluding steroid dienone is 1. The second-order valence-corrected chi connectivity index (χ2v) is 13.6. The Morgan fingerprint density at radius 1 is 0.956 bits per heavy atom. The van der Waals surface area contributed by atoms with Gasteiger partial charge in [-0.05, 0) is 61.7 Å². The van der Waals surface area contributed by atoms with E-state index in [1.54, 1.807) is 12.4 Å². The smallest absolute Gasteiger partial charge is 0.253 e. The number of halogens is 1. The highest BCUT2D eigenvalue weighted by molar-refractivity contribution is 6.29. The van der Waals surface area contributed by atoms with Gasteiger partial charge in [0.05, 0.1) is 42.6 Å². The zero-order chi connectivity index (χ0) is 31.1. The highest BCUT2D eigenvalue weighted by Gasteiger charge is 2.49. The van der Waals surface area contributed by atoms with Crippen molar-refractivity contribution in [3.63, 3.8) is 0 Å². The number of carbonyl (C=O) groups is 2. The van der Waals surface area contributed by atoms with Crippen LogP contribution in [0.25, 0.3) is 5.57 Å². The van der Waals surface area contributed by atoms with E-state index in [0.717, 1.165) is 48.3 Å². The molecule has 10 heteroatoms. The van der Waals surface area contributed by atoms with Crippen LogP contribution in [0.4, 0.5) is 5.69 Å². The van der Waals surface area contributed by atoms with Gasteiger partial charge in [0.2, 0.25) is 5.91 Å². The molecule has 3 aromatic rings. The molecule has 1 atom stereocenters. The molecule has 0 radical (unpaired) electrons. The second kappa shape index (κ2) is 12.2. The van der Waals surface area contributed by atoms with Gasteiger partial charge in [-0.1, -0.05) is 41.4 Å². The quantitative estimate of drug-likeness (QED) is 0.388. The highest BCUT2D eigenvalue weighted by Crippen LogP contribution is 2.54. The number of pyridine rings is 2. The molecule has 1 N–H and O–H groups in total. The van der Waals surface area contributed by atoms with Gasteiger partial charge in [0.15, 0.2) is 0 Å². The van der Waals surface area contributed by atoms with Gasteiger partial charge < -0.3 is 24.8 Å². The minimum Gasteiger partial charge on any atom is -0.380 e. The number of anilines is 1. The number of hydrogen-bond acceptors (Lipinski definition) is 7. The fourth-order valence-corrected chi connectivity index (χ4v) is 7.41. The molecule has 7 rings (SSSR count). The van der Waals surface area contributed by atoms with Crippen LogP contribution in [0, 0.1) is 11.3 Å². The Bertz CT molecular complexity index is 1600. The Morgan fingerprint density at radius 3 is 2.29 bits per heavy atom. The summed E-state index contributed by atoms with van der Waals surface area (Å²) in [6, 6.07) is 14.1. The Kier molecular flexibility index (Phi) is 8.10. The highest BCUT2D eigenvalue weighted by atomic mass is 35.5. The molecule has 2 aromatic heterocycles. The molecule has 234 valence electrons. The van der Waals surface area contributed by atoms with Crippen molar-refractivity contribution in [2.24, 2.45) is 11.3 Å². The molecule has 3 aliphatic heterocycles. The zero-order valence-corrected chi connectivity index (χ0v) is 26.6. The van der Waals surface area contributed by atoms with E-state index in [2.05, 4.69) is 62.5 Å². The summed E-state index contributed by atoms with van der Waals surface area (Å²) in [6.07, 6.45) is 7.48. The lowest BCUT2D eigenvalue weighted by Gasteiger charge is -2.56. The summed E-state index contributed by atoms with van der Waals surface area (Å²) in [4.78, 5) is 41.1. The van der Waals surface area contributed by atoms with E-state index in [1.165, 1.54) is 11.1 Å². The first-order chi connectivity index (χ1) is 21.8. The average Bonchev–Trinajstić information content (AvgIpc) is 2.99. The van der Waals surface area contributed by atoms with Crippen LogP contribution in [-0.2, 0) is 9.53 Å². The molecule has 0 bridgehead atoms. The number of ether oxygens (including phenoxy) is 1. The number of hydrogen-bond donors (Lipinski definition) is 1. The van der Waals surface area contributed by atoms with Crippen molar-refractivity contribution in [2.75, 3.05) is 64.4 Å². The van der Waals surface area contributed by atoms with Crippen LogP contribution < -0.4 is 10.2 Å². The molecule has 0 unspecified atom stereocenters. The summed E-state index contributed by atoms with van der Waals surface area (Å²) in [5.41, 5.74) is 7.81. The van der Waals surface area contributed by atoms with Crippen LogP contribution >= 0.6 is 11.6 Å². The molecular weight excluding hydrogens is 588 g/mol. The van der Waals surface area contributed by atoms with Crippen LogP contribution in [0.15, 0.2) is 66.6 Å². The third-order valence-corrected chi connectivity index (χ3v) is 9.96. The number of likely N-dealkylation sites (tertiary alicyclic amines) is 1. The SMILES string of the molecule is C[C@@H](NC(=O)c1cncc(N2CCN(C(=O)C3COC3)CC2)c1)c1ccc(C(=C2CC3(C2)CN(C)C3)c2ccc(Cl)nc2)cc1. The lowest BCUT2D eigenvalue weighted by molar-refractivity contribution is -0.150. The maximum absolute atomic E-state index is 13.3. The van der Waals surface area contributed by atoms with Gasteiger partial charge in [0.25, 0.3) is 5.91 Å². The largest absolute Gasteiger partial charge is 0.380 e. The summed E-state index contributed by atoms with van der Waals surface area (Å²) < 4.78 is 5.18. The first-order valence-electron chi connectivity index (χ1n) is 15.8. The van der Waals surface area contributed by atoms with Crippen molar-refractivity contribution in [2.45, 2.75) is 25.8 Å². The summed E-state index contributed by atoms with van der Waals surface area (Å²) in [5.74, 6) is 0.0233. The maximum Gasteiger partial charge on any atom is 0.253 e. The first-order valence-corrected chi connectivity index (χ1v) is 16.1. The molecule has 4 aliphatic rings. The number of benzene rings is 1. The lowest BCUT2D eigenvalue weighted by atomic mass is 9.59. The van der Waals surface area contributed by atoms with Gasteiger partial charge >= 0.3 is 0 Å². The van der Waals surface area contributed by atoms with E-state index in [1.807, 2.05) is 30.2 Å². The minimum atomic E-state index is -0.189. The zero-order valence-electron chi connectivity index (χ0n) is 25.8. The van der Waals surface area contributed by atoms with E-state index >= 15 is 0 Å². The van der Waals surface area contributed by atoms with Gasteiger partial charge in [0.1, 0.15) is 5.15 Å². The molecule has 2 amide bonds. The molecule has 1 aromatic carbocycles. The Labute approximate surface area is 269 Å². The van der Waals surface area contributed by atoms with E-state index < -0.39 is 0 Å². The fraction of sp³-hybridized carbons (Fsp3) is 0.429. The predicted molar refractivity (Wildman–Crippen MR) is 174 cm³/mol. The van der Waals surface area contributed by atoms with Crippen LogP contribution in [-0.4, -0.2) is 91.1 Å². The van der Waals surface area contributed by atoms with Crippen molar-refractivity contribution in [3.05, 3.63) is 94.0 Å². The molecule has 1 aliphatic carbocycles. The fourth-order valence-electron chi connectivity index (χ4n) is 7.30. The number of amides is 2. The van der Waals surface area contributed by atoms with E-state index in [0.29, 0.717) is 55.5 Å². The van der Waals surface area contributed by atoms with Crippen molar-refractivity contribution < 1.29 is 14.3 Å². The number of rotatable bonds is 7. The molecule has 4 fully saturated rings. The van der Waals surface area contributed by atoms with E-state index in [9.17, 15) is 9.59 Å². The van der Waals surface area contributed by atoms with Gasteiger partial charge in [0, 0.05) is 62.6 Å². The van der Waals surface area contributed by atoms with Gasteiger partial charge in [-0.15, -0.1) is 0 Å². The number of piperazine rings is 1. The topological polar surface area (TPSA) is 90.9 Å². The second-order valence-electron chi connectivity index (χ2n) is 13.2. The third-order valence-electron chi connectivity index (χ3n) is 9.73. The van der Waals surface area contributed by atoms with Crippen LogP contribution in [0.1, 0.15) is 52.9 Å². The van der Waals surface area contributed by atoms with E-state index in [4.69, 9.17) is 16.3 Å². The minimum absolute atomic E-state index is 0.00745. The van der Waals surface area contributed by atoms with Crippen LogP contribution in [0.5, 0.6) is 0 Å². The maximum atomic E-state index is 13.3. The summed E-state index contributed by atoms with van der Waals surface area (Å²) in [5, 5.41) is 3.64. The van der Waals surface area contributed by atoms with Gasteiger partial charge in [-0.2, -0.15) is 0 Å². The molecule has 9 nitrogen and oxygen atoms in total. The summed E-state index contributed by atoms with van der Waals surface area (Å²) >= 11 is 6.11. The van der Waals surface area contributed by atoms with Crippen molar-refractivity contribution in [1.82, 2.24) is 25.1 Å². The van der Waals surface area contributed by atoms with Gasteiger partial charge in [-0.25, -0.2) is 4.98 Å². The van der Waals surface area contributed by atoms with Gasteiger partial charge in [-0.3, -0.25) is 14.6 Å². The lowest BCUT2D eigenvalue weighted by Crippen LogP contribution is -2.58. The monoisotopic (exact) mass is 626 g/mol. The Balaban J connectivity index is 1.00. The molecule has 3 saturated heterocycles. The number of aromatic nitrogens is 2. The van der Waals surface area contributed by atoms with Crippen LogP contribution in [0.3, 0.4) is 0 Å². The molecule has 45 heavy (non-hydrogen) atoms. The van der Waals surface area contributed by atoms with Crippen LogP contribution in [0.2, 0.25) is 5.15 Å². The Hall–Kier alpha value is -3.79. The first kappa shape index (κ1) is 29.9. The standard InChI is InChI=1S/C35H39ClN6O3/c1-23(39-33(43)27-13-30(18-37-16-27)41-9-11-42(12-10-41)34(44)29-19-45-20-29)24-3-5-25(6-4-24)32(26-7-8-31(36)38-17-26)28-14-35(15-28)21-40(2)22-35/h3-8,13,16-18,23,29H,9-12,14-15,19-22H2,1-2H3,(H,39,43)/t23-/m1/s1. The number of nitrogens with one attached hydrogen (secondary N) is 1. The Morgan fingerprint density at radius 2 is 1.67 bits per heavy atom. The summed E-state index contributed by atoms with van der Waals surface area (Å²) in [6.45, 7) is 8.10. The van der Waals surface area contributed by atoms with Crippen molar-refractivity contribution in [1.29, 1.82) is 0 Å². The summed E-state index contributed by atoms with van der Waals surface area (Å²) in [7, 11) is 2.18. The molecular formula is C35H39ClN6O3.